The van der Waals surface area contributed by atoms with Crippen molar-refractivity contribution < 1.29 is 4.42 Å². The summed E-state index contributed by atoms with van der Waals surface area (Å²) in [5, 5.41) is 2.22. The van der Waals surface area contributed by atoms with Crippen molar-refractivity contribution in [1.29, 1.82) is 0 Å². The van der Waals surface area contributed by atoms with Gasteiger partial charge >= 0.3 is 0 Å². The predicted octanol–water partition coefficient (Wildman–Crippen LogP) is 10.3. The van der Waals surface area contributed by atoms with Gasteiger partial charge in [-0.25, -0.2) is 15.0 Å². The Kier molecular flexibility index (Phi) is 6.25. The minimum atomic E-state index is 0.117. The van der Waals surface area contributed by atoms with Gasteiger partial charge in [0.05, 0.1) is 0 Å². The van der Waals surface area contributed by atoms with Crippen LogP contribution in [0.2, 0.25) is 0 Å². The maximum atomic E-state index is 6.23. The van der Waals surface area contributed by atoms with E-state index in [2.05, 4.69) is 80.6 Å². The van der Waals surface area contributed by atoms with E-state index in [1.807, 2.05) is 30.3 Å². The fourth-order valence-electron chi connectivity index (χ4n) is 7.95. The zero-order valence-electron chi connectivity index (χ0n) is 24.8. The summed E-state index contributed by atoms with van der Waals surface area (Å²) in [5.74, 6) is 2.72. The molecule has 0 radical (unpaired) electrons. The molecule has 8 rings (SSSR count). The molecule has 3 aliphatic rings. The Bertz CT molecular complexity index is 2010. The van der Waals surface area contributed by atoms with E-state index in [1.165, 1.54) is 48.8 Å². The lowest BCUT2D eigenvalue weighted by molar-refractivity contribution is 0.251. The van der Waals surface area contributed by atoms with E-state index in [1.54, 1.807) is 5.57 Å². The highest BCUT2D eigenvalue weighted by atomic mass is 16.3. The van der Waals surface area contributed by atoms with E-state index in [0.717, 1.165) is 45.3 Å². The van der Waals surface area contributed by atoms with Crippen LogP contribution in [-0.4, -0.2) is 15.0 Å². The number of para-hydroxylation sites is 1. The number of nitrogens with zero attached hydrogens (tertiary/aromatic N) is 3. The van der Waals surface area contributed by atoms with Gasteiger partial charge in [-0.1, -0.05) is 104 Å². The third-order valence-corrected chi connectivity index (χ3v) is 9.94. The molecule has 1 fully saturated rings. The summed E-state index contributed by atoms with van der Waals surface area (Å²) in [7, 11) is 0. The Morgan fingerprint density at radius 1 is 0.767 bits per heavy atom. The molecule has 2 heterocycles. The van der Waals surface area contributed by atoms with Crippen molar-refractivity contribution in [3.8, 4) is 22.8 Å². The average molecular weight is 562 g/mol. The lowest BCUT2D eigenvalue weighted by atomic mass is 9.64. The molecule has 0 saturated heterocycles. The number of aromatic nitrogens is 3. The fourth-order valence-corrected chi connectivity index (χ4v) is 7.95. The van der Waals surface area contributed by atoms with Crippen LogP contribution in [0.1, 0.15) is 58.2 Å². The molecular formula is C39H35N3O. The summed E-state index contributed by atoms with van der Waals surface area (Å²) in [6.45, 7) is 4.50. The summed E-state index contributed by atoms with van der Waals surface area (Å²) in [5.41, 5.74) is 9.50. The number of allylic oxidation sites excluding steroid dienone is 8. The molecule has 0 bridgehead atoms. The second-order valence-corrected chi connectivity index (χ2v) is 12.3. The normalized spacial score (nSPS) is 22.0. The fraction of sp³-hybridized carbons (Fsp3) is 0.256. The highest BCUT2D eigenvalue weighted by molar-refractivity contribution is 6.05. The van der Waals surface area contributed by atoms with Crippen LogP contribution in [0, 0.1) is 11.3 Å². The van der Waals surface area contributed by atoms with Crippen LogP contribution < -0.4 is 0 Å². The molecule has 43 heavy (non-hydrogen) atoms. The molecule has 0 N–H and O–H groups in total. The Labute approximate surface area is 252 Å². The highest BCUT2D eigenvalue weighted by Crippen LogP contribution is 2.62. The Hall–Kier alpha value is -4.57. The Morgan fingerprint density at radius 2 is 1.53 bits per heavy atom. The van der Waals surface area contributed by atoms with Gasteiger partial charge < -0.3 is 4.42 Å². The number of hydrogen-bond donors (Lipinski definition) is 0. The predicted molar refractivity (Wildman–Crippen MR) is 175 cm³/mol. The average Bonchev–Trinajstić information content (AvgIpc) is 3.43. The second-order valence-electron chi connectivity index (χ2n) is 12.3. The Balaban J connectivity index is 1.28. The second kappa shape index (κ2) is 10.3. The Morgan fingerprint density at radius 3 is 2.40 bits per heavy atom. The van der Waals surface area contributed by atoms with E-state index in [0.29, 0.717) is 17.6 Å². The topological polar surface area (TPSA) is 51.8 Å². The van der Waals surface area contributed by atoms with Gasteiger partial charge in [-0.05, 0) is 73.9 Å². The molecule has 2 atom stereocenters. The minimum absolute atomic E-state index is 0.117. The minimum Gasteiger partial charge on any atom is -0.456 e. The van der Waals surface area contributed by atoms with Crippen molar-refractivity contribution in [3.63, 3.8) is 0 Å². The quantitative estimate of drug-likeness (QED) is 0.219. The zero-order valence-corrected chi connectivity index (χ0v) is 24.8. The first-order valence-electron chi connectivity index (χ1n) is 15.6. The standard InChI is InChI=1S/C39H35N3O/c1-3-12-29-25(2)32-16-8-5-11-22-39(32)24-28(19-21-33(29)39)38-41-36(26-13-6-4-7-14-26)40-37(42-38)27-18-20-31-30-15-9-10-17-34(30)43-35(31)23-27/h3-4,6-7,9-10,12-15,17-21,23,32H,5,8,11,16,22,24H2,1-2H3/b12-3-. The SMILES string of the molecule is C/C=C\C1=C(C)C2CCCCCC23CC(c2nc(-c4ccccc4)nc(-c4ccc5c(c4)oc4ccccc45)n2)=CC=C13. The van der Waals surface area contributed by atoms with E-state index < -0.39 is 0 Å². The molecule has 1 saturated carbocycles. The smallest absolute Gasteiger partial charge is 0.164 e. The van der Waals surface area contributed by atoms with E-state index in [-0.39, 0.29) is 5.41 Å². The molecule has 2 aromatic heterocycles. The summed E-state index contributed by atoms with van der Waals surface area (Å²) < 4.78 is 6.23. The van der Waals surface area contributed by atoms with Gasteiger partial charge in [-0.15, -0.1) is 0 Å². The first-order valence-corrected chi connectivity index (χ1v) is 15.6. The van der Waals surface area contributed by atoms with Crippen molar-refractivity contribution >= 4 is 27.5 Å². The summed E-state index contributed by atoms with van der Waals surface area (Å²) >= 11 is 0. The lowest BCUT2D eigenvalue weighted by Gasteiger charge is -2.40. The van der Waals surface area contributed by atoms with Crippen LogP contribution in [0.3, 0.4) is 0 Å². The monoisotopic (exact) mass is 561 g/mol. The largest absolute Gasteiger partial charge is 0.456 e. The molecule has 5 aromatic rings. The van der Waals surface area contributed by atoms with E-state index in [9.17, 15) is 0 Å². The molecule has 3 aliphatic carbocycles. The summed E-state index contributed by atoms with van der Waals surface area (Å²) in [6.07, 6.45) is 16.5. The molecule has 2 unspecified atom stereocenters. The van der Waals surface area contributed by atoms with E-state index >= 15 is 0 Å². The number of furan rings is 1. The number of benzene rings is 3. The first-order chi connectivity index (χ1) is 21.1. The molecular weight excluding hydrogens is 526 g/mol. The van der Waals surface area contributed by atoms with Crippen molar-refractivity contribution in [2.24, 2.45) is 11.3 Å². The number of rotatable bonds is 4. The number of fused-ring (bicyclic) bond motifs is 3. The van der Waals surface area contributed by atoms with Gasteiger partial charge in [0, 0.05) is 27.3 Å². The van der Waals surface area contributed by atoms with Crippen LogP contribution in [0.5, 0.6) is 0 Å². The molecule has 1 spiro atoms. The number of hydrogen-bond acceptors (Lipinski definition) is 4. The molecule has 0 aliphatic heterocycles. The van der Waals surface area contributed by atoms with Gasteiger partial charge in [0.15, 0.2) is 17.5 Å². The van der Waals surface area contributed by atoms with Gasteiger partial charge in [0.1, 0.15) is 11.2 Å². The molecule has 212 valence electrons. The lowest BCUT2D eigenvalue weighted by Crippen LogP contribution is -2.30. The molecule has 3 aromatic carbocycles. The van der Waals surface area contributed by atoms with Crippen LogP contribution >= 0.6 is 0 Å². The third kappa shape index (κ3) is 4.23. The van der Waals surface area contributed by atoms with Gasteiger partial charge in [0.2, 0.25) is 0 Å². The van der Waals surface area contributed by atoms with Crippen molar-refractivity contribution in [3.05, 3.63) is 120 Å². The molecule has 0 amide bonds. The maximum absolute atomic E-state index is 6.23. The zero-order chi connectivity index (χ0) is 29.0. The summed E-state index contributed by atoms with van der Waals surface area (Å²) in [4.78, 5) is 15.3. The highest BCUT2D eigenvalue weighted by Gasteiger charge is 2.50. The molecule has 4 heteroatoms. The van der Waals surface area contributed by atoms with Crippen LogP contribution in [0.25, 0.3) is 50.3 Å². The van der Waals surface area contributed by atoms with Gasteiger partial charge in [0.25, 0.3) is 0 Å². The van der Waals surface area contributed by atoms with E-state index in [4.69, 9.17) is 19.4 Å². The van der Waals surface area contributed by atoms with Gasteiger partial charge in [-0.3, -0.25) is 0 Å². The molecule has 4 nitrogen and oxygen atoms in total. The maximum Gasteiger partial charge on any atom is 0.164 e. The van der Waals surface area contributed by atoms with Crippen molar-refractivity contribution in [2.75, 3.05) is 0 Å². The third-order valence-electron chi connectivity index (χ3n) is 9.94. The van der Waals surface area contributed by atoms with Gasteiger partial charge in [-0.2, -0.15) is 0 Å². The van der Waals surface area contributed by atoms with Crippen molar-refractivity contribution in [2.45, 2.75) is 52.4 Å². The van der Waals surface area contributed by atoms with Crippen LogP contribution in [-0.2, 0) is 0 Å². The first kappa shape index (κ1) is 26.1. The van der Waals surface area contributed by atoms with Crippen LogP contribution in [0.15, 0.2) is 118 Å². The summed E-state index contributed by atoms with van der Waals surface area (Å²) in [6, 6.07) is 24.8. The van der Waals surface area contributed by atoms with Crippen LogP contribution in [0.4, 0.5) is 0 Å². The van der Waals surface area contributed by atoms with Crippen molar-refractivity contribution in [1.82, 2.24) is 15.0 Å².